The Balaban J connectivity index is 4.30. The van der Waals surface area contributed by atoms with Crippen LogP contribution in [-0.2, 0) is 28.6 Å². The lowest BCUT2D eigenvalue weighted by atomic mass is 10.0. The second-order valence-electron chi connectivity index (χ2n) is 19.7. The molecule has 0 amide bonds. The van der Waals surface area contributed by atoms with Crippen molar-refractivity contribution >= 4 is 17.9 Å². The number of esters is 3. The van der Waals surface area contributed by atoms with E-state index in [1.165, 1.54) is 212 Å². The van der Waals surface area contributed by atoms with Gasteiger partial charge in [-0.25, -0.2) is 0 Å². The van der Waals surface area contributed by atoms with Crippen molar-refractivity contribution in [2.24, 2.45) is 5.92 Å². The maximum Gasteiger partial charge on any atom is 0.306 e. The maximum atomic E-state index is 12.8. The average molecular weight is 877 g/mol. The first kappa shape index (κ1) is 60.4. The van der Waals surface area contributed by atoms with Crippen molar-refractivity contribution in [3.8, 4) is 0 Å². The number of unbranched alkanes of at least 4 members (excludes halogenated alkanes) is 38. The number of ether oxygens (including phenoxy) is 3. The van der Waals surface area contributed by atoms with Crippen LogP contribution < -0.4 is 0 Å². The molecule has 0 aromatic heterocycles. The van der Waals surface area contributed by atoms with Crippen LogP contribution in [0.1, 0.15) is 317 Å². The molecule has 0 aliphatic carbocycles. The predicted molar refractivity (Wildman–Crippen MR) is 266 cm³/mol. The second-order valence-corrected chi connectivity index (χ2v) is 19.7. The molecule has 0 aliphatic heterocycles. The molecule has 0 unspecified atom stereocenters. The van der Waals surface area contributed by atoms with Crippen molar-refractivity contribution in [2.45, 2.75) is 323 Å². The molecule has 368 valence electrons. The van der Waals surface area contributed by atoms with Crippen LogP contribution in [0.4, 0.5) is 0 Å². The van der Waals surface area contributed by atoms with E-state index in [4.69, 9.17) is 14.2 Å². The van der Waals surface area contributed by atoms with E-state index >= 15 is 0 Å². The third-order valence-corrected chi connectivity index (χ3v) is 12.8. The Morgan fingerprint density at radius 1 is 0.306 bits per heavy atom. The van der Waals surface area contributed by atoms with E-state index in [0.29, 0.717) is 19.3 Å². The number of hydrogen-bond acceptors (Lipinski definition) is 6. The molecule has 0 saturated carbocycles. The molecule has 0 aromatic rings. The van der Waals surface area contributed by atoms with E-state index in [0.717, 1.165) is 63.7 Å². The van der Waals surface area contributed by atoms with Crippen LogP contribution >= 0.6 is 0 Å². The number of rotatable bonds is 51. The van der Waals surface area contributed by atoms with Gasteiger partial charge >= 0.3 is 17.9 Å². The van der Waals surface area contributed by atoms with Gasteiger partial charge in [0.25, 0.3) is 0 Å². The normalized spacial score (nSPS) is 12.0. The summed E-state index contributed by atoms with van der Waals surface area (Å²) in [6, 6.07) is 0. The van der Waals surface area contributed by atoms with Crippen LogP contribution in [0.3, 0.4) is 0 Å². The standard InChI is InChI=1S/C56H108O6/c1-5-7-9-11-13-15-17-19-21-22-24-27-31-35-39-43-47-54(57)60-50-53(62-56(59)49-45-41-37-33-28-23-20-18-16-14-12-10-8-6-2)51-61-55(58)48-44-40-36-32-29-25-26-30-34-38-42-46-52(3)4/h52-53H,5-51H2,1-4H3/t53-/m0/s1. The van der Waals surface area contributed by atoms with Crippen LogP contribution in [0.5, 0.6) is 0 Å². The lowest BCUT2D eigenvalue weighted by molar-refractivity contribution is -0.167. The van der Waals surface area contributed by atoms with E-state index in [9.17, 15) is 14.4 Å². The molecule has 0 bridgehead atoms. The molecule has 0 heterocycles. The summed E-state index contributed by atoms with van der Waals surface area (Å²) in [7, 11) is 0. The van der Waals surface area contributed by atoms with Gasteiger partial charge in [0.2, 0.25) is 0 Å². The molecular formula is C56H108O6. The quantitative estimate of drug-likeness (QED) is 0.0344. The van der Waals surface area contributed by atoms with E-state index < -0.39 is 6.10 Å². The SMILES string of the molecule is CCCCCCCCCCCCCCCCCCC(=O)OC[C@@H](COC(=O)CCCCCCCCCCCCCC(C)C)OC(=O)CCCCCCCCCCCCCCCC. The van der Waals surface area contributed by atoms with E-state index in [1.54, 1.807) is 0 Å². The maximum absolute atomic E-state index is 12.8. The minimum Gasteiger partial charge on any atom is -0.462 e. The van der Waals surface area contributed by atoms with Crippen LogP contribution in [0.15, 0.2) is 0 Å². The smallest absolute Gasteiger partial charge is 0.306 e. The van der Waals surface area contributed by atoms with Crippen molar-refractivity contribution in [1.82, 2.24) is 0 Å². The molecule has 0 radical (unpaired) electrons. The van der Waals surface area contributed by atoms with Gasteiger partial charge in [0.15, 0.2) is 6.10 Å². The zero-order chi connectivity index (χ0) is 45.2. The summed E-state index contributed by atoms with van der Waals surface area (Å²) in [5.41, 5.74) is 0. The Kier molecular flexibility index (Phi) is 49.1. The molecule has 0 fully saturated rings. The zero-order valence-corrected chi connectivity index (χ0v) is 42.3. The number of carbonyl (C=O) groups is 3. The molecule has 0 aromatic carbocycles. The summed E-state index contributed by atoms with van der Waals surface area (Å²) in [6.45, 7) is 9.04. The van der Waals surface area contributed by atoms with Gasteiger partial charge in [0.1, 0.15) is 13.2 Å². The minimum atomic E-state index is -0.761. The van der Waals surface area contributed by atoms with Crippen LogP contribution in [0, 0.1) is 5.92 Å². The van der Waals surface area contributed by atoms with Crippen molar-refractivity contribution in [1.29, 1.82) is 0 Å². The van der Waals surface area contributed by atoms with Gasteiger partial charge in [0, 0.05) is 19.3 Å². The van der Waals surface area contributed by atoms with Gasteiger partial charge in [-0.2, -0.15) is 0 Å². The molecule has 0 spiro atoms. The van der Waals surface area contributed by atoms with Crippen LogP contribution in [0.25, 0.3) is 0 Å². The molecule has 6 nitrogen and oxygen atoms in total. The van der Waals surface area contributed by atoms with Crippen molar-refractivity contribution in [3.63, 3.8) is 0 Å². The lowest BCUT2D eigenvalue weighted by Gasteiger charge is -2.18. The first-order valence-electron chi connectivity index (χ1n) is 27.9. The van der Waals surface area contributed by atoms with Gasteiger partial charge in [0.05, 0.1) is 0 Å². The van der Waals surface area contributed by atoms with Crippen molar-refractivity contribution < 1.29 is 28.6 Å². The first-order valence-corrected chi connectivity index (χ1v) is 27.9. The van der Waals surface area contributed by atoms with Crippen molar-refractivity contribution in [3.05, 3.63) is 0 Å². The van der Waals surface area contributed by atoms with Gasteiger partial charge in [-0.05, 0) is 25.2 Å². The molecule has 0 rings (SSSR count). The Morgan fingerprint density at radius 2 is 0.532 bits per heavy atom. The van der Waals surface area contributed by atoms with Gasteiger partial charge in [-0.1, -0.05) is 278 Å². The fraction of sp³-hybridized carbons (Fsp3) is 0.946. The van der Waals surface area contributed by atoms with E-state index in [1.807, 2.05) is 0 Å². The lowest BCUT2D eigenvalue weighted by Crippen LogP contribution is -2.30. The highest BCUT2D eigenvalue weighted by Crippen LogP contribution is 2.18. The van der Waals surface area contributed by atoms with Gasteiger partial charge < -0.3 is 14.2 Å². The minimum absolute atomic E-state index is 0.0621. The Labute approximate surface area is 387 Å². The third kappa shape index (κ3) is 49.4. The largest absolute Gasteiger partial charge is 0.462 e. The highest BCUT2D eigenvalue weighted by molar-refractivity contribution is 5.71. The Hall–Kier alpha value is -1.59. The summed E-state index contributed by atoms with van der Waals surface area (Å²) < 4.78 is 16.9. The van der Waals surface area contributed by atoms with E-state index in [-0.39, 0.29) is 31.1 Å². The first-order chi connectivity index (χ1) is 30.4. The summed E-state index contributed by atoms with van der Waals surface area (Å²) in [6.07, 6.45) is 53.7. The summed E-state index contributed by atoms with van der Waals surface area (Å²) in [5, 5.41) is 0. The topological polar surface area (TPSA) is 78.9 Å². The molecular weight excluding hydrogens is 769 g/mol. The fourth-order valence-corrected chi connectivity index (χ4v) is 8.57. The number of hydrogen-bond donors (Lipinski definition) is 0. The molecule has 0 aliphatic rings. The van der Waals surface area contributed by atoms with Crippen molar-refractivity contribution in [2.75, 3.05) is 13.2 Å². The molecule has 0 saturated heterocycles. The highest BCUT2D eigenvalue weighted by Gasteiger charge is 2.19. The Morgan fingerprint density at radius 3 is 0.790 bits per heavy atom. The highest BCUT2D eigenvalue weighted by atomic mass is 16.6. The molecule has 62 heavy (non-hydrogen) atoms. The van der Waals surface area contributed by atoms with Crippen LogP contribution in [0.2, 0.25) is 0 Å². The van der Waals surface area contributed by atoms with E-state index in [2.05, 4.69) is 27.7 Å². The fourth-order valence-electron chi connectivity index (χ4n) is 8.57. The molecule has 6 heteroatoms. The Bertz CT molecular complexity index is 933. The third-order valence-electron chi connectivity index (χ3n) is 12.8. The van der Waals surface area contributed by atoms with Crippen LogP contribution in [-0.4, -0.2) is 37.2 Å². The number of carbonyl (C=O) groups excluding carboxylic acids is 3. The molecule has 1 atom stereocenters. The second kappa shape index (κ2) is 50.4. The summed E-state index contributed by atoms with van der Waals surface area (Å²) >= 11 is 0. The van der Waals surface area contributed by atoms with Gasteiger partial charge in [-0.3, -0.25) is 14.4 Å². The van der Waals surface area contributed by atoms with Gasteiger partial charge in [-0.15, -0.1) is 0 Å². The molecule has 0 N–H and O–H groups in total. The zero-order valence-electron chi connectivity index (χ0n) is 42.3. The summed E-state index contributed by atoms with van der Waals surface area (Å²) in [5.74, 6) is -0.0113. The summed E-state index contributed by atoms with van der Waals surface area (Å²) in [4.78, 5) is 38.1. The predicted octanol–water partition coefficient (Wildman–Crippen LogP) is 18.2. The average Bonchev–Trinajstić information content (AvgIpc) is 3.26. The monoisotopic (exact) mass is 877 g/mol.